The van der Waals surface area contributed by atoms with Crippen molar-refractivity contribution in [2.24, 2.45) is 0 Å². The normalized spacial score (nSPS) is 11.3. The first-order valence-corrected chi connectivity index (χ1v) is 19.0. The van der Waals surface area contributed by atoms with E-state index in [0.29, 0.717) is 11.6 Å². The van der Waals surface area contributed by atoms with E-state index in [-0.39, 0.29) is 0 Å². The molecular weight excluding hydrogens is 691 g/mol. The largest absolute Gasteiger partial charge is 0.245 e. The SMILES string of the molecule is c1ccc(-c2ccc(-c3cc(-c4ccc(-c5cnc6sc7c(-c8ccccc8)nc(-c8ccccc8)nc7c6c5)cc4)nc(-c4ccccc4)n3)cc2)cc1. The summed E-state index contributed by atoms with van der Waals surface area (Å²) in [4.78, 5) is 26.2. The molecule has 0 saturated carbocycles. The highest BCUT2D eigenvalue weighted by molar-refractivity contribution is 7.25. The van der Waals surface area contributed by atoms with Gasteiger partial charge < -0.3 is 0 Å². The van der Waals surface area contributed by atoms with Crippen molar-refractivity contribution in [2.45, 2.75) is 0 Å². The molecule has 0 spiro atoms. The van der Waals surface area contributed by atoms with Crippen LogP contribution in [-0.4, -0.2) is 24.9 Å². The van der Waals surface area contributed by atoms with Gasteiger partial charge in [-0.25, -0.2) is 24.9 Å². The highest BCUT2D eigenvalue weighted by Crippen LogP contribution is 2.40. The molecule has 0 bridgehead atoms. The average Bonchev–Trinajstić information content (AvgIpc) is 3.65. The van der Waals surface area contributed by atoms with E-state index < -0.39 is 0 Å². The van der Waals surface area contributed by atoms with Crippen molar-refractivity contribution < 1.29 is 0 Å². The third-order valence-electron chi connectivity index (χ3n) is 9.81. The van der Waals surface area contributed by atoms with E-state index in [9.17, 15) is 0 Å². The lowest BCUT2D eigenvalue weighted by Crippen LogP contribution is -1.96. The lowest BCUT2D eigenvalue weighted by Gasteiger charge is -2.11. The van der Waals surface area contributed by atoms with E-state index in [4.69, 9.17) is 24.9 Å². The Labute approximate surface area is 322 Å². The smallest absolute Gasteiger partial charge is 0.160 e. The molecule has 0 atom stereocenters. The van der Waals surface area contributed by atoms with Gasteiger partial charge in [-0.2, -0.15) is 0 Å². The molecule has 0 fully saturated rings. The summed E-state index contributed by atoms with van der Waals surface area (Å²) in [6, 6.07) is 62.5. The van der Waals surface area contributed by atoms with Gasteiger partial charge in [0.2, 0.25) is 0 Å². The molecule has 0 aliphatic heterocycles. The minimum Gasteiger partial charge on any atom is -0.245 e. The molecule has 55 heavy (non-hydrogen) atoms. The lowest BCUT2D eigenvalue weighted by molar-refractivity contribution is 1.18. The molecule has 6 heteroatoms. The van der Waals surface area contributed by atoms with Gasteiger partial charge in [0.25, 0.3) is 0 Å². The van der Waals surface area contributed by atoms with Gasteiger partial charge >= 0.3 is 0 Å². The number of nitrogens with zero attached hydrogens (tertiary/aromatic N) is 5. The summed E-state index contributed by atoms with van der Waals surface area (Å²) >= 11 is 1.64. The summed E-state index contributed by atoms with van der Waals surface area (Å²) in [7, 11) is 0. The van der Waals surface area contributed by atoms with Crippen LogP contribution in [0.1, 0.15) is 0 Å². The van der Waals surface area contributed by atoms with Crippen molar-refractivity contribution in [2.75, 3.05) is 0 Å². The van der Waals surface area contributed by atoms with Crippen LogP contribution in [0.4, 0.5) is 0 Å². The Morgan fingerprint density at radius 1 is 0.345 bits per heavy atom. The Morgan fingerprint density at radius 2 is 0.782 bits per heavy atom. The fraction of sp³-hybridized carbons (Fsp3) is 0. The standard InChI is InChI=1S/C49H31N5S/c1-5-13-32(14-6-1)33-21-25-35(26-22-33)42-30-43(52-47(51-42)38-17-9-3-10-18-38)36-27-23-34(24-28-36)40-29-41-45-46(55-49(41)50-31-40)44(37-15-7-2-8-16-37)53-48(54-45)39-19-11-4-12-20-39/h1-31H. The summed E-state index contributed by atoms with van der Waals surface area (Å²) in [6.45, 7) is 0. The summed E-state index contributed by atoms with van der Waals surface area (Å²) in [5.74, 6) is 1.39. The highest BCUT2D eigenvalue weighted by Gasteiger charge is 2.18. The number of fused-ring (bicyclic) bond motifs is 3. The van der Waals surface area contributed by atoms with Crippen LogP contribution in [0.25, 0.3) is 99.2 Å². The lowest BCUT2D eigenvalue weighted by atomic mass is 10.0. The molecule has 0 N–H and O–H groups in total. The summed E-state index contributed by atoms with van der Waals surface area (Å²) in [5, 5.41) is 1.02. The zero-order valence-electron chi connectivity index (χ0n) is 29.5. The monoisotopic (exact) mass is 721 g/mol. The second-order valence-electron chi connectivity index (χ2n) is 13.3. The molecule has 0 unspecified atom stereocenters. The summed E-state index contributed by atoms with van der Waals surface area (Å²) < 4.78 is 1.03. The number of aromatic nitrogens is 5. The van der Waals surface area contributed by atoms with Gasteiger partial charge in [-0.15, -0.1) is 11.3 Å². The first-order chi connectivity index (χ1) is 27.2. The van der Waals surface area contributed by atoms with Crippen molar-refractivity contribution in [3.05, 3.63) is 188 Å². The molecule has 10 rings (SSSR count). The van der Waals surface area contributed by atoms with Crippen molar-refractivity contribution in [3.63, 3.8) is 0 Å². The Kier molecular flexibility index (Phi) is 8.28. The number of benzene rings is 6. The Morgan fingerprint density at radius 3 is 1.33 bits per heavy atom. The van der Waals surface area contributed by atoms with Crippen molar-refractivity contribution in [1.29, 1.82) is 0 Å². The molecule has 4 heterocycles. The van der Waals surface area contributed by atoms with Crippen LogP contribution in [0.5, 0.6) is 0 Å². The van der Waals surface area contributed by atoms with E-state index in [1.165, 1.54) is 11.1 Å². The third kappa shape index (κ3) is 6.35. The Balaban J connectivity index is 1.04. The van der Waals surface area contributed by atoms with Crippen molar-refractivity contribution >= 4 is 31.8 Å². The first kappa shape index (κ1) is 32.5. The summed E-state index contributed by atoms with van der Waals surface area (Å²) in [6.07, 6.45) is 1.95. The second-order valence-corrected chi connectivity index (χ2v) is 14.3. The molecule has 10 aromatic rings. The van der Waals surface area contributed by atoms with Crippen LogP contribution in [0.2, 0.25) is 0 Å². The van der Waals surface area contributed by atoms with Gasteiger partial charge in [-0.3, -0.25) is 0 Å². The van der Waals surface area contributed by atoms with Gasteiger partial charge in [0, 0.05) is 45.0 Å². The second kappa shape index (κ2) is 14.0. The quantitative estimate of drug-likeness (QED) is 0.164. The van der Waals surface area contributed by atoms with Gasteiger partial charge in [0.1, 0.15) is 4.83 Å². The van der Waals surface area contributed by atoms with Crippen molar-refractivity contribution in [1.82, 2.24) is 24.9 Å². The van der Waals surface area contributed by atoms with Gasteiger partial charge in [0.15, 0.2) is 11.6 Å². The number of rotatable bonds is 7. The predicted octanol–water partition coefficient (Wildman–Crippen LogP) is 12.7. The van der Waals surface area contributed by atoms with Gasteiger partial charge in [0.05, 0.1) is 27.3 Å². The Hall–Kier alpha value is -7.15. The average molecular weight is 722 g/mol. The molecule has 4 aromatic heterocycles. The molecule has 6 aromatic carbocycles. The number of pyridine rings is 1. The fourth-order valence-corrected chi connectivity index (χ4v) is 8.03. The number of hydrogen-bond donors (Lipinski definition) is 0. The van der Waals surface area contributed by atoms with E-state index >= 15 is 0 Å². The number of hydrogen-bond acceptors (Lipinski definition) is 6. The molecule has 0 radical (unpaired) electrons. The third-order valence-corrected chi connectivity index (χ3v) is 10.9. The van der Waals surface area contributed by atoms with Gasteiger partial charge in [-0.05, 0) is 28.8 Å². The molecule has 258 valence electrons. The Bertz CT molecular complexity index is 2930. The van der Waals surface area contributed by atoms with E-state index in [1.807, 2.05) is 66.9 Å². The zero-order chi connectivity index (χ0) is 36.6. The van der Waals surface area contributed by atoms with Crippen molar-refractivity contribution in [3.8, 4) is 78.8 Å². The van der Waals surface area contributed by atoms with Crippen LogP contribution < -0.4 is 0 Å². The minimum absolute atomic E-state index is 0.690. The molecule has 0 saturated heterocycles. The van der Waals surface area contributed by atoms with Crippen LogP contribution in [0.15, 0.2) is 188 Å². The highest BCUT2D eigenvalue weighted by atomic mass is 32.1. The molecule has 0 aliphatic carbocycles. The van der Waals surface area contributed by atoms with Gasteiger partial charge in [-0.1, -0.05) is 170 Å². The number of thiophene rings is 1. The van der Waals surface area contributed by atoms with Crippen LogP contribution in [-0.2, 0) is 0 Å². The maximum atomic E-state index is 5.14. The summed E-state index contributed by atoms with van der Waals surface area (Å²) in [5.41, 5.74) is 13.1. The minimum atomic E-state index is 0.690. The zero-order valence-corrected chi connectivity index (χ0v) is 30.4. The van der Waals surface area contributed by atoms with Crippen LogP contribution in [0, 0.1) is 0 Å². The first-order valence-electron chi connectivity index (χ1n) is 18.2. The predicted molar refractivity (Wildman–Crippen MR) is 226 cm³/mol. The van der Waals surface area contributed by atoms with E-state index in [2.05, 4.69) is 121 Å². The maximum Gasteiger partial charge on any atom is 0.160 e. The molecule has 0 aliphatic rings. The van der Waals surface area contributed by atoms with Crippen LogP contribution >= 0.6 is 11.3 Å². The molecule has 0 amide bonds. The maximum absolute atomic E-state index is 5.14. The van der Waals surface area contributed by atoms with E-state index in [1.54, 1.807) is 11.3 Å². The van der Waals surface area contributed by atoms with Crippen LogP contribution in [0.3, 0.4) is 0 Å². The molecular formula is C49H31N5S. The van der Waals surface area contributed by atoms with E-state index in [0.717, 1.165) is 76.5 Å². The molecule has 5 nitrogen and oxygen atoms in total. The fourth-order valence-electron chi connectivity index (χ4n) is 6.95. The topological polar surface area (TPSA) is 64.5 Å².